The second-order valence-corrected chi connectivity index (χ2v) is 6.43. The highest BCUT2D eigenvalue weighted by Gasteiger charge is 2.26. The van der Waals surface area contributed by atoms with Crippen LogP contribution >= 0.6 is 0 Å². The van der Waals surface area contributed by atoms with Gasteiger partial charge < -0.3 is 19.9 Å². The minimum absolute atomic E-state index is 0.0193. The maximum Gasteiger partial charge on any atom is 0.255 e. The molecule has 1 N–H and O–H groups in total. The monoisotopic (exact) mass is 347 g/mol. The lowest BCUT2D eigenvalue weighted by molar-refractivity contribution is -0.141. The maximum atomic E-state index is 12.6. The summed E-state index contributed by atoms with van der Waals surface area (Å²) in [4.78, 5) is 28.7. The normalized spacial score (nSPS) is 20.2. The molecule has 1 aliphatic rings. The van der Waals surface area contributed by atoms with Crippen LogP contribution in [0, 0.1) is 0 Å². The molecule has 0 saturated carbocycles. The van der Waals surface area contributed by atoms with Gasteiger partial charge in [-0.15, -0.1) is 0 Å². The lowest BCUT2D eigenvalue weighted by atomic mass is 10.1. The van der Waals surface area contributed by atoms with Crippen LogP contribution in [0.4, 0.5) is 5.69 Å². The molecule has 0 aromatic heterocycles. The Morgan fingerprint density at radius 2 is 1.76 bits per heavy atom. The maximum absolute atomic E-state index is 12.6. The fourth-order valence-corrected chi connectivity index (χ4v) is 3.17. The van der Waals surface area contributed by atoms with Gasteiger partial charge in [0.15, 0.2) is 0 Å². The molecule has 1 heterocycles. The molecule has 1 fully saturated rings. The zero-order valence-corrected chi connectivity index (χ0v) is 15.6. The van der Waals surface area contributed by atoms with Crippen LogP contribution in [0.15, 0.2) is 24.3 Å². The van der Waals surface area contributed by atoms with Crippen LogP contribution in [-0.2, 0) is 9.53 Å². The number of hydrogen-bond acceptors (Lipinski definition) is 4. The molecule has 138 valence electrons. The molecule has 1 aromatic carbocycles. The molecule has 0 bridgehead atoms. The summed E-state index contributed by atoms with van der Waals surface area (Å²) >= 11 is 0. The number of morpholine rings is 1. The zero-order valence-electron chi connectivity index (χ0n) is 15.6. The van der Waals surface area contributed by atoms with E-state index in [0.29, 0.717) is 37.4 Å². The van der Waals surface area contributed by atoms with Gasteiger partial charge in [0.2, 0.25) is 5.91 Å². The van der Waals surface area contributed by atoms with Gasteiger partial charge in [-0.25, -0.2) is 0 Å². The van der Waals surface area contributed by atoms with Crippen molar-refractivity contribution < 1.29 is 14.3 Å². The Morgan fingerprint density at radius 3 is 2.36 bits per heavy atom. The number of para-hydroxylation sites is 1. The van der Waals surface area contributed by atoms with Gasteiger partial charge in [-0.3, -0.25) is 9.59 Å². The van der Waals surface area contributed by atoms with E-state index in [1.54, 1.807) is 11.0 Å². The number of benzene rings is 1. The molecule has 1 saturated heterocycles. The molecule has 0 aliphatic carbocycles. The number of nitrogens with zero attached hydrogens (tertiary/aromatic N) is 2. The number of hydrogen-bond donors (Lipinski definition) is 1. The second kappa shape index (κ2) is 8.85. The highest BCUT2D eigenvalue weighted by atomic mass is 16.5. The number of carbonyl (C=O) groups excluding carboxylic acids is 2. The molecule has 0 radical (unpaired) electrons. The van der Waals surface area contributed by atoms with Crippen LogP contribution in [0.3, 0.4) is 0 Å². The summed E-state index contributed by atoms with van der Waals surface area (Å²) in [6.07, 6.45) is 0.0912. The summed E-state index contributed by atoms with van der Waals surface area (Å²) in [6, 6.07) is 7.35. The number of amides is 2. The minimum Gasteiger partial charge on any atom is -0.376 e. The van der Waals surface area contributed by atoms with E-state index in [9.17, 15) is 9.59 Å². The predicted molar refractivity (Wildman–Crippen MR) is 98.8 cm³/mol. The van der Waals surface area contributed by atoms with Crippen LogP contribution < -0.4 is 5.32 Å². The third-order valence-corrected chi connectivity index (χ3v) is 4.41. The van der Waals surface area contributed by atoms with Gasteiger partial charge in [0.05, 0.1) is 24.3 Å². The summed E-state index contributed by atoms with van der Waals surface area (Å²) in [5, 5.41) is 3.14. The molecule has 0 spiro atoms. The van der Waals surface area contributed by atoms with E-state index in [1.807, 2.05) is 50.8 Å². The van der Waals surface area contributed by atoms with Crippen LogP contribution in [0.2, 0.25) is 0 Å². The Morgan fingerprint density at radius 1 is 1.16 bits per heavy atom. The number of anilines is 1. The van der Waals surface area contributed by atoms with Crippen molar-refractivity contribution in [2.24, 2.45) is 0 Å². The third-order valence-electron chi connectivity index (χ3n) is 4.41. The SMILES string of the molecule is CCN(CC)C(=O)c1ccccc1NCC(=O)N1CC(C)OC(C)C1. The van der Waals surface area contributed by atoms with Crippen molar-refractivity contribution in [3.05, 3.63) is 29.8 Å². The van der Waals surface area contributed by atoms with Crippen molar-refractivity contribution in [3.63, 3.8) is 0 Å². The first kappa shape index (κ1) is 19.2. The van der Waals surface area contributed by atoms with Crippen LogP contribution in [0.5, 0.6) is 0 Å². The van der Waals surface area contributed by atoms with Gasteiger partial charge in [0, 0.05) is 31.9 Å². The lowest BCUT2D eigenvalue weighted by Crippen LogP contribution is -2.49. The first-order valence-electron chi connectivity index (χ1n) is 9.01. The highest BCUT2D eigenvalue weighted by molar-refractivity contribution is 6.00. The van der Waals surface area contributed by atoms with Gasteiger partial charge >= 0.3 is 0 Å². The van der Waals surface area contributed by atoms with Gasteiger partial charge in [0.1, 0.15) is 0 Å². The van der Waals surface area contributed by atoms with Crippen LogP contribution in [0.25, 0.3) is 0 Å². The lowest BCUT2D eigenvalue weighted by Gasteiger charge is -2.35. The highest BCUT2D eigenvalue weighted by Crippen LogP contribution is 2.18. The quantitative estimate of drug-likeness (QED) is 0.857. The Bertz CT molecular complexity index is 591. The van der Waals surface area contributed by atoms with Crippen molar-refractivity contribution in [3.8, 4) is 0 Å². The van der Waals surface area contributed by atoms with Crippen LogP contribution in [-0.4, -0.2) is 66.5 Å². The summed E-state index contributed by atoms with van der Waals surface area (Å²) in [5.74, 6) is 0.00116. The molecule has 25 heavy (non-hydrogen) atoms. The summed E-state index contributed by atoms with van der Waals surface area (Å²) in [7, 11) is 0. The Balaban J connectivity index is 2.03. The van der Waals surface area contributed by atoms with Crippen molar-refractivity contribution in [1.29, 1.82) is 0 Å². The second-order valence-electron chi connectivity index (χ2n) is 6.43. The van der Waals surface area contributed by atoms with E-state index in [1.165, 1.54) is 0 Å². The Labute approximate surface area is 150 Å². The summed E-state index contributed by atoms with van der Waals surface area (Å²) in [6.45, 7) is 10.6. The average Bonchev–Trinajstić information content (AvgIpc) is 2.60. The summed E-state index contributed by atoms with van der Waals surface area (Å²) < 4.78 is 5.67. The topological polar surface area (TPSA) is 61.9 Å². The summed E-state index contributed by atoms with van der Waals surface area (Å²) in [5.41, 5.74) is 1.30. The molecule has 1 aliphatic heterocycles. The molecule has 2 unspecified atom stereocenters. The van der Waals surface area contributed by atoms with E-state index in [2.05, 4.69) is 5.32 Å². The number of carbonyl (C=O) groups is 2. The molecule has 2 rings (SSSR count). The Kier molecular flexibility index (Phi) is 6.82. The van der Waals surface area contributed by atoms with Crippen molar-refractivity contribution in [2.45, 2.75) is 39.9 Å². The van der Waals surface area contributed by atoms with E-state index in [4.69, 9.17) is 4.74 Å². The van der Waals surface area contributed by atoms with E-state index < -0.39 is 0 Å². The van der Waals surface area contributed by atoms with Gasteiger partial charge in [0.25, 0.3) is 5.91 Å². The molecular formula is C19H29N3O3. The van der Waals surface area contributed by atoms with Crippen LogP contribution in [0.1, 0.15) is 38.1 Å². The number of ether oxygens (including phenoxy) is 1. The van der Waals surface area contributed by atoms with Gasteiger partial charge in [-0.1, -0.05) is 12.1 Å². The molecule has 1 aromatic rings. The standard InChI is InChI=1S/C19H29N3O3/c1-5-21(6-2)19(24)16-9-7-8-10-17(16)20-11-18(23)22-12-14(3)25-15(4)13-22/h7-10,14-15,20H,5-6,11-13H2,1-4H3. The van der Waals surface area contributed by atoms with E-state index in [0.717, 1.165) is 0 Å². The molecule has 2 atom stereocenters. The van der Waals surface area contributed by atoms with Gasteiger partial charge in [-0.2, -0.15) is 0 Å². The Hall–Kier alpha value is -2.08. The smallest absolute Gasteiger partial charge is 0.255 e. The number of rotatable bonds is 6. The zero-order chi connectivity index (χ0) is 18.4. The first-order chi connectivity index (χ1) is 12.0. The molecule has 6 heteroatoms. The van der Waals surface area contributed by atoms with E-state index >= 15 is 0 Å². The fourth-order valence-electron chi connectivity index (χ4n) is 3.17. The molecule has 2 amide bonds. The predicted octanol–water partition coefficient (Wildman–Crippen LogP) is 2.22. The molecule has 6 nitrogen and oxygen atoms in total. The average molecular weight is 347 g/mol. The molecular weight excluding hydrogens is 318 g/mol. The first-order valence-corrected chi connectivity index (χ1v) is 9.01. The van der Waals surface area contributed by atoms with Gasteiger partial charge in [-0.05, 0) is 39.8 Å². The van der Waals surface area contributed by atoms with Crippen molar-refractivity contribution in [2.75, 3.05) is 38.0 Å². The largest absolute Gasteiger partial charge is 0.376 e. The third kappa shape index (κ3) is 4.95. The minimum atomic E-state index is -0.0193. The van der Waals surface area contributed by atoms with Crippen molar-refractivity contribution >= 4 is 17.5 Å². The van der Waals surface area contributed by atoms with E-state index in [-0.39, 0.29) is 30.6 Å². The number of nitrogens with one attached hydrogen (secondary N) is 1. The van der Waals surface area contributed by atoms with Crippen molar-refractivity contribution in [1.82, 2.24) is 9.80 Å². The fraction of sp³-hybridized carbons (Fsp3) is 0.579.